The number of nitrogens with zero attached hydrogens (tertiary/aromatic N) is 1. The molecule has 0 amide bonds. The van der Waals surface area contributed by atoms with Gasteiger partial charge in [-0.05, 0) is 18.1 Å². The van der Waals surface area contributed by atoms with Crippen LogP contribution in [-0.4, -0.2) is 13.4 Å². The van der Waals surface area contributed by atoms with Crippen molar-refractivity contribution in [2.75, 3.05) is 0 Å². The van der Waals surface area contributed by atoms with Gasteiger partial charge in [-0.2, -0.15) is 0 Å². The molecule has 0 aliphatic carbocycles. The zero-order valence-electron chi connectivity index (χ0n) is 6.69. The van der Waals surface area contributed by atoms with Crippen molar-refractivity contribution in [1.82, 2.24) is 4.98 Å². The molecule has 0 radical (unpaired) electrons. The maximum Gasteiger partial charge on any atom is 0.255 e. The summed E-state index contributed by atoms with van der Waals surface area (Å²) in [6, 6.07) is 3.11. The Balaban J connectivity index is 3.09. The molecule has 2 N–H and O–H groups in total. The molecule has 12 heavy (non-hydrogen) atoms. The molecule has 0 saturated carbocycles. The highest BCUT2D eigenvalue weighted by molar-refractivity contribution is 7.89. The second-order valence-electron chi connectivity index (χ2n) is 2.40. The lowest BCUT2D eigenvalue weighted by Gasteiger charge is -1.97. The first-order chi connectivity index (χ1) is 5.54. The first kappa shape index (κ1) is 9.15. The highest BCUT2D eigenvalue weighted by Crippen LogP contribution is 2.04. The van der Waals surface area contributed by atoms with Crippen molar-refractivity contribution in [2.45, 2.75) is 18.4 Å². The van der Waals surface area contributed by atoms with E-state index in [0.29, 0.717) is 0 Å². The number of rotatable bonds is 2. The highest BCUT2D eigenvalue weighted by Gasteiger charge is 2.07. The Labute approximate surface area is 71.5 Å². The number of hydrogen-bond donors (Lipinski definition) is 1. The van der Waals surface area contributed by atoms with Crippen LogP contribution in [-0.2, 0) is 16.4 Å². The Morgan fingerprint density at radius 1 is 1.50 bits per heavy atom. The monoisotopic (exact) mass is 186 g/mol. The number of pyridine rings is 1. The van der Waals surface area contributed by atoms with Gasteiger partial charge in [0.15, 0.2) is 5.03 Å². The highest BCUT2D eigenvalue weighted by atomic mass is 32.2. The quantitative estimate of drug-likeness (QED) is 0.721. The smallest absolute Gasteiger partial charge is 0.243 e. The van der Waals surface area contributed by atoms with Crippen molar-refractivity contribution in [3.8, 4) is 0 Å². The van der Waals surface area contributed by atoms with Crippen LogP contribution in [0.15, 0.2) is 23.4 Å². The van der Waals surface area contributed by atoms with E-state index in [2.05, 4.69) is 4.98 Å². The summed E-state index contributed by atoms with van der Waals surface area (Å²) in [5.41, 5.74) is 0.988. The molecule has 66 valence electrons. The Morgan fingerprint density at radius 3 is 2.50 bits per heavy atom. The summed E-state index contributed by atoms with van der Waals surface area (Å²) in [5.74, 6) is 0. The average Bonchev–Trinajstić information content (AvgIpc) is 2.03. The van der Waals surface area contributed by atoms with Crippen LogP contribution < -0.4 is 5.14 Å². The van der Waals surface area contributed by atoms with Crippen LogP contribution in [0.4, 0.5) is 0 Å². The summed E-state index contributed by atoms with van der Waals surface area (Å²) in [4.78, 5) is 3.71. The first-order valence-electron chi connectivity index (χ1n) is 3.51. The average molecular weight is 186 g/mol. The number of aryl methyl sites for hydroxylation is 1. The van der Waals surface area contributed by atoms with Crippen molar-refractivity contribution in [2.24, 2.45) is 5.14 Å². The lowest BCUT2D eigenvalue weighted by atomic mass is 10.2. The van der Waals surface area contributed by atoms with Gasteiger partial charge in [-0.1, -0.05) is 13.0 Å². The first-order valence-corrected chi connectivity index (χ1v) is 5.06. The molecule has 0 bridgehead atoms. The molecular formula is C7H10N2O2S. The van der Waals surface area contributed by atoms with Crippen LogP contribution in [0.1, 0.15) is 12.5 Å². The maximum atomic E-state index is 10.7. The fourth-order valence-electron chi connectivity index (χ4n) is 0.788. The molecule has 1 rings (SSSR count). The van der Waals surface area contributed by atoms with Gasteiger partial charge in [-0.15, -0.1) is 0 Å². The van der Waals surface area contributed by atoms with Gasteiger partial charge in [-0.25, -0.2) is 18.5 Å². The van der Waals surface area contributed by atoms with Crippen LogP contribution in [0.2, 0.25) is 0 Å². The van der Waals surface area contributed by atoms with Crippen LogP contribution in [0.5, 0.6) is 0 Å². The Kier molecular flexibility index (Phi) is 2.44. The molecule has 0 aromatic carbocycles. The van der Waals surface area contributed by atoms with E-state index in [-0.39, 0.29) is 5.03 Å². The largest absolute Gasteiger partial charge is 0.255 e. The number of primary sulfonamides is 1. The van der Waals surface area contributed by atoms with E-state index in [1.165, 1.54) is 12.3 Å². The standard InChI is InChI=1S/C7H10N2O2S/c1-2-6-3-4-7(9-5-6)12(8,10)11/h3-5H,2H2,1H3,(H2,8,10,11). The van der Waals surface area contributed by atoms with Crippen LogP contribution in [0, 0.1) is 0 Å². The van der Waals surface area contributed by atoms with Crippen LogP contribution in [0.3, 0.4) is 0 Å². The molecule has 1 aromatic heterocycles. The number of nitrogens with two attached hydrogens (primary N) is 1. The Morgan fingerprint density at radius 2 is 2.17 bits per heavy atom. The molecular weight excluding hydrogens is 176 g/mol. The molecule has 0 saturated heterocycles. The molecule has 1 aromatic rings. The summed E-state index contributed by atoms with van der Waals surface area (Å²) in [7, 11) is -3.64. The molecule has 0 aliphatic rings. The zero-order valence-corrected chi connectivity index (χ0v) is 7.50. The number of aromatic nitrogens is 1. The van der Waals surface area contributed by atoms with Gasteiger partial charge < -0.3 is 0 Å². The Bertz CT molecular complexity index is 355. The maximum absolute atomic E-state index is 10.7. The van der Waals surface area contributed by atoms with Crippen LogP contribution in [0.25, 0.3) is 0 Å². The molecule has 1 heterocycles. The minimum absolute atomic E-state index is 0.0836. The number of hydrogen-bond acceptors (Lipinski definition) is 3. The van der Waals surface area contributed by atoms with Crippen molar-refractivity contribution in [1.29, 1.82) is 0 Å². The fraction of sp³-hybridized carbons (Fsp3) is 0.286. The summed E-state index contributed by atoms with van der Waals surface area (Å²) in [6.45, 7) is 1.97. The molecule has 0 spiro atoms. The van der Waals surface area contributed by atoms with Gasteiger partial charge >= 0.3 is 0 Å². The SMILES string of the molecule is CCc1ccc(S(N)(=O)=O)nc1. The van der Waals surface area contributed by atoms with Crippen molar-refractivity contribution in [3.63, 3.8) is 0 Å². The van der Waals surface area contributed by atoms with Crippen molar-refractivity contribution < 1.29 is 8.42 Å². The molecule has 4 nitrogen and oxygen atoms in total. The topological polar surface area (TPSA) is 73.1 Å². The lowest BCUT2D eigenvalue weighted by Crippen LogP contribution is -2.13. The summed E-state index contributed by atoms with van der Waals surface area (Å²) in [6.07, 6.45) is 2.34. The van der Waals surface area contributed by atoms with Crippen molar-refractivity contribution >= 4 is 10.0 Å². The third-order valence-corrected chi connectivity index (χ3v) is 2.32. The van der Waals surface area contributed by atoms with E-state index in [1.807, 2.05) is 6.92 Å². The minimum atomic E-state index is -3.64. The molecule has 5 heteroatoms. The summed E-state index contributed by atoms with van der Waals surface area (Å²) >= 11 is 0. The van der Waals surface area contributed by atoms with Gasteiger partial charge in [0, 0.05) is 6.20 Å². The normalized spacial score (nSPS) is 11.5. The van der Waals surface area contributed by atoms with E-state index in [4.69, 9.17) is 5.14 Å². The second-order valence-corrected chi connectivity index (χ2v) is 3.91. The summed E-state index contributed by atoms with van der Waals surface area (Å²) in [5, 5.41) is 4.77. The van der Waals surface area contributed by atoms with Gasteiger partial charge in [0.1, 0.15) is 0 Å². The summed E-state index contributed by atoms with van der Waals surface area (Å²) < 4.78 is 21.5. The number of sulfonamides is 1. The zero-order chi connectivity index (χ0) is 9.19. The van der Waals surface area contributed by atoms with E-state index in [9.17, 15) is 8.42 Å². The van der Waals surface area contributed by atoms with E-state index in [1.54, 1.807) is 6.07 Å². The van der Waals surface area contributed by atoms with Crippen molar-refractivity contribution in [3.05, 3.63) is 23.9 Å². The van der Waals surface area contributed by atoms with Crippen LogP contribution >= 0.6 is 0 Å². The van der Waals surface area contributed by atoms with E-state index < -0.39 is 10.0 Å². The van der Waals surface area contributed by atoms with Gasteiger partial charge in [0.2, 0.25) is 0 Å². The van der Waals surface area contributed by atoms with Gasteiger partial charge in [-0.3, -0.25) is 0 Å². The molecule has 0 aliphatic heterocycles. The third kappa shape index (κ3) is 2.02. The molecule has 0 unspecified atom stereocenters. The second kappa shape index (κ2) is 3.20. The van der Waals surface area contributed by atoms with Gasteiger partial charge in [0.25, 0.3) is 10.0 Å². The third-order valence-electron chi connectivity index (χ3n) is 1.50. The Hall–Kier alpha value is -0.940. The molecule has 0 atom stereocenters. The van der Waals surface area contributed by atoms with E-state index in [0.717, 1.165) is 12.0 Å². The fourth-order valence-corrected chi connectivity index (χ4v) is 1.25. The van der Waals surface area contributed by atoms with E-state index >= 15 is 0 Å². The lowest BCUT2D eigenvalue weighted by molar-refractivity contribution is 0.594. The minimum Gasteiger partial charge on any atom is -0.243 e. The predicted octanol–water partition coefficient (Wildman–Crippen LogP) is 0.291. The molecule has 0 fully saturated rings. The van der Waals surface area contributed by atoms with Gasteiger partial charge in [0.05, 0.1) is 0 Å². The predicted molar refractivity (Wildman–Crippen MR) is 45.0 cm³/mol.